The van der Waals surface area contributed by atoms with Gasteiger partial charge in [-0.05, 0) is 64.2 Å². The molecule has 2 heterocycles. The number of alkyl halides is 2. The number of carbonyl (C=O) groups is 1. The van der Waals surface area contributed by atoms with Crippen LogP contribution in [-0.2, 0) is 10.2 Å². The summed E-state index contributed by atoms with van der Waals surface area (Å²) in [7, 11) is 0. The van der Waals surface area contributed by atoms with Gasteiger partial charge < -0.3 is 10.2 Å². The van der Waals surface area contributed by atoms with Gasteiger partial charge in [0.1, 0.15) is 5.82 Å². The Balaban J connectivity index is 1.58. The number of anilines is 2. The number of hydrogen-bond acceptors (Lipinski definition) is 4. The highest BCUT2D eigenvalue weighted by Gasteiger charge is 2.45. The second kappa shape index (κ2) is 7.96. The molecule has 34 heavy (non-hydrogen) atoms. The lowest BCUT2D eigenvalue weighted by Crippen LogP contribution is -2.37. The number of nitrogens with zero attached hydrogens (tertiary/aromatic N) is 3. The highest BCUT2D eigenvalue weighted by molar-refractivity contribution is 6.11. The zero-order valence-corrected chi connectivity index (χ0v) is 19.6. The fourth-order valence-electron chi connectivity index (χ4n) is 4.80. The highest BCUT2D eigenvalue weighted by atomic mass is 19.3. The van der Waals surface area contributed by atoms with Crippen molar-refractivity contribution in [1.29, 1.82) is 0 Å². The average molecular weight is 469 g/mol. The summed E-state index contributed by atoms with van der Waals surface area (Å²) in [6.45, 7) is 8.13. The monoisotopic (exact) mass is 468 g/mol. The van der Waals surface area contributed by atoms with E-state index < -0.39 is 29.3 Å². The number of halogens is 3. The quantitative estimate of drug-likeness (QED) is 0.466. The van der Waals surface area contributed by atoms with E-state index in [1.165, 1.54) is 12.1 Å². The van der Waals surface area contributed by atoms with E-state index >= 15 is 0 Å². The first-order valence-electron chi connectivity index (χ1n) is 11.6. The maximum atomic E-state index is 14.7. The van der Waals surface area contributed by atoms with E-state index in [-0.39, 0.29) is 11.5 Å². The molecule has 2 aliphatic rings. The first-order valence-corrected chi connectivity index (χ1v) is 11.6. The van der Waals surface area contributed by atoms with Crippen LogP contribution in [0.2, 0.25) is 0 Å². The van der Waals surface area contributed by atoms with Crippen molar-refractivity contribution in [1.82, 2.24) is 10.2 Å². The number of amides is 1. The van der Waals surface area contributed by atoms with Crippen LogP contribution in [0.1, 0.15) is 68.5 Å². The fraction of sp³-hybridized carbons (Fsp3) is 0.423. The van der Waals surface area contributed by atoms with E-state index in [4.69, 9.17) is 0 Å². The van der Waals surface area contributed by atoms with Gasteiger partial charge >= 0.3 is 0 Å². The number of aryl methyl sites for hydroxylation is 1. The van der Waals surface area contributed by atoms with Crippen molar-refractivity contribution in [2.24, 2.45) is 5.92 Å². The van der Waals surface area contributed by atoms with E-state index in [1.807, 2.05) is 37.8 Å². The molecule has 1 saturated carbocycles. The van der Waals surface area contributed by atoms with Crippen molar-refractivity contribution in [3.8, 4) is 0 Å². The highest BCUT2D eigenvalue weighted by Crippen LogP contribution is 2.46. The summed E-state index contributed by atoms with van der Waals surface area (Å²) in [6, 6.07) is 7.34. The molecule has 5 nitrogen and oxygen atoms in total. The van der Waals surface area contributed by atoms with E-state index in [9.17, 15) is 18.0 Å². The Kier molecular flexibility index (Phi) is 5.30. The molecule has 1 N–H and O–H groups in total. The van der Waals surface area contributed by atoms with Crippen molar-refractivity contribution >= 4 is 28.2 Å². The second-order valence-electron chi connectivity index (χ2n) is 9.95. The Morgan fingerprint density at radius 3 is 2.53 bits per heavy atom. The van der Waals surface area contributed by atoms with Crippen LogP contribution >= 0.6 is 0 Å². The molecule has 2 aromatic carbocycles. The van der Waals surface area contributed by atoms with Crippen LogP contribution in [0.3, 0.4) is 0 Å². The standard InChI is InChI=1S/C26H27F3N4O/c1-13(16-6-5-7-17(22(16)27)23(28)29)30-24-19-11-21-20(10-18(19)14(2)31-32-24)26(3,4)25(34)33(21)12-15-8-9-15/h5-7,10-11,13,15,23H,8-9,12H2,1-4H3,(H,30,32). The van der Waals surface area contributed by atoms with Gasteiger partial charge in [0.05, 0.1) is 22.7 Å². The number of fused-ring (bicyclic) bond motifs is 2. The molecule has 0 bridgehead atoms. The Labute approximate surface area is 196 Å². The smallest absolute Gasteiger partial charge is 0.266 e. The van der Waals surface area contributed by atoms with Crippen molar-refractivity contribution in [3.05, 3.63) is 58.5 Å². The maximum Gasteiger partial charge on any atom is 0.266 e. The van der Waals surface area contributed by atoms with Crippen molar-refractivity contribution < 1.29 is 18.0 Å². The van der Waals surface area contributed by atoms with Crippen LogP contribution < -0.4 is 10.2 Å². The van der Waals surface area contributed by atoms with Gasteiger partial charge in [0, 0.05) is 28.6 Å². The van der Waals surface area contributed by atoms with Gasteiger partial charge in [0.25, 0.3) is 6.43 Å². The van der Waals surface area contributed by atoms with E-state index in [2.05, 4.69) is 15.5 Å². The predicted molar refractivity (Wildman–Crippen MR) is 126 cm³/mol. The maximum absolute atomic E-state index is 14.7. The number of benzene rings is 2. The van der Waals surface area contributed by atoms with Crippen LogP contribution in [0.4, 0.5) is 24.7 Å². The van der Waals surface area contributed by atoms with Gasteiger partial charge in [0.15, 0.2) is 5.82 Å². The second-order valence-corrected chi connectivity index (χ2v) is 9.95. The van der Waals surface area contributed by atoms with Crippen LogP contribution in [0.15, 0.2) is 30.3 Å². The van der Waals surface area contributed by atoms with Gasteiger partial charge in [-0.25, -0.2) is 13.2 Å². The molecule has 1 aliphatic heterocycles. The van der Waals surface area contributed by atoms with Gasteiger partial charge in [-0.2, -0.15) is 5.10 Å². The van der Waals surface area contributed by atoms with Gasteiger partial charge in [0.2, 0.25) is 5.91 Å². The molecule has 178 valence electrons. The molecule has 0 saturated heterocycles. The molecule has 3 aromatic rings. The molecule has 8 heteroatoms. The predicted octanol–water partition coefficient (Wildman–Crippen LogP) is 6.22. The lowest BCUT2D eigenvalue weighted by Gasteiger charge is -2.20. The van der Waals surface area contributed by atoms with Gasteiger partial charge in [-0.3, -0.25) is 4.79 Å². The minimum Gasteiger partial charge on any atom is -0.361 e. The molecule has 5 rings (SSSR count). The summed E-state index contributed by atoms with van der Waals surface area (Å²) >= 11 is 0. The number of carbonyl (C=O) groups excluding carboxylic acids is 1. The Morgan fingerprint density at radius 1 is 1.15 bits per heavy atom. The first-order chi connectivity index (χ1) is 16.1. The normalized spacial score (nSPS) is 18.0. The van der Waals surface area contributed by atoms with Gasteiger partial charge in [-0.1, -0.05) is 18.2 Å². The zero-order valence-electron chi connectivity index (χ0n) is 19.6. The SMILES string of the molecule is Cc1nnc(NC(C)c2cccc(C(F)F)c2F)c2cc3c(cc12)C(C)(C)C(=O)N3CC1CC1. The van der Waals surface area contributed by atoms with Crippen molar-refractivity contribution in [3.63, 3.8) is 0 Å². The van der Waals surface area contributed by atoms with Gasteiger partial charge in [-0.15, -0.1) is 5.10 Å². The summed E-state index contributed by atoms with van der Waals surface area (Å²) in [4.78, 5) is 15.1. The van der Waals surface area contributed by atoms with Crippen LogP contribution in [0, 0.1) is 18.7 Å². The van der Waals surface area contributed by atoms with E-state index in [1.54, 1.807) is 6.92 Å². The van der Waals surface area contributed by atoms with Crippen molar-refractivity contribution in [2.45, 2.75) is 58.4 Å². The summed E-state index contributed by atoms with van der Waals surface area (Å²) < 4.78 is 41.1. The largest absolute Gasteiger partial charge is 0.361 e. The molecular formula is C26H27F3N4O. The fourth-order valence-corrected chi connectivity index (χ4v) is 4.80. The number of nitrogens with one attached hydrogen (secondary N) is 1. The molecule has 1 amide bonds. The average Bonchev–Trinajstić information content (AvgIpc) is 3.59. The molecule has 1 aliphatic carbocycles. The van der Waals surface area contributed by atoms with Crippen LogP contribution in [0.5, 0.6) is 0 Å². The Bertz CT molecular complexity index is 1300. The Hall–Kier alpha value is -3.16. The van der Waals surface area contributed by atoms with E-state index in [0.717, 1.165) is 40.9 Å². The lowest BCUT2D eigenvalue weighted by atomic mass is 9.85. The summed E-state index contributed by atoms with van der Waals surface area (Å²) in [5, 5.41) is 13.3. The topological polar surface area (TPSA) is 58.1 Å². The Morgan fingerprint density at radius 2 is 1.85 bits per heavy atom. The molecule has 1 fully saturated rings. The molecule has 1 atom stereocenters. The molecule has 0 radical (unpaired) electrons. The lowest BCUT2D eigenvalue weighted by molar-refractivity contribution is -0.122. The summed E-state index contributed by atoms with van der Waals surface area (Å²) in [5.74, 6) is 0.102. The number of hydrogen-bond donors (Lipinski definition) is 1. The molecule has 1 unspecified atom stereocenters. The van der Waals surface area contributed by atoms with E-state index in [0.29, 0.717) is 24.0 Å². The summed E-state index contributed by atoms with van der Waals surface area (Å²) in [6.07, 6.45) is -0.635. The minimum absolute atomic E-state index is 0.0806. The summed E-state index contributed by atoms with van der Waals surface area (Å²) in [5.41, 5.74) is 1.39. The zero-order chi connectivity index (χ0) is 24.4. The number of aromatic nitrogens is 2. The third-order valence-corrected chi connectivity index (χ3v) is 7.08. The van der Waals surface area contributed by atoms with Crippen molar-refractivity contribution in [2.75, 3.05) is 16.8 Å². The third-order valence-electron chi connectivity index (χ3n) is 7.08. The number of rotatable bonds is 6. The molecule has 1 aromatic heterocycles. The molecule has 0 spiro atoms. The van der Waals surface area contributed by atoms with Crippen LogP contribution in [-0.4, -0.2) is 22.6 Å². The minimum atomic E-state index is -2.90. The molecular weight excluding hydrogens is 441 g/mol. The third kappa shape index (κ3) is 3.60. The van der Waals surface area contributed by atoms with Crippen LogP contribution in [0.25, 0.3) is 10.8 Å². The first kappa shape index (κ1) is 22.6.